The maximum atomic E-state index is 9.16. The number of piperidine rings is 1. The molecule has 3 atom stereocenters. The number of hydrogen-bond donors (Lipinski definition) is 1. The molecule has 0 spiro atoms. The summed E-state index contributed by atoms with van der Waals surface area (Å²) < 4.78 is 0. The molecule has 16 heavy (non-hydrogen) atoms. The lowest BCUT2D eigenvalue weighted by Gasteiger charge is -2.40. The lowest BCUT2D eigenvalue weighted by Crippen LogP contribution is -2.47. The Labute approximate surface area is 97.5 Å². The van der Waals surface area contributed by atoms with Crippen molar-refractivity contribution in [3.8, 4) is 0 Å². The standard InChI is InChI=1S/C13H22N2O/c16-14-13-10-4-6-11(13)12(7-5-10)15-8-2-1-3-9-15/h10-12,16H,1-9H2/b14-13+/t10-,11+,12+/m1/s1. The SMILES string of the molecule is O/N=C1\[C@@H]2CC[C@H]1[C@@H](N1CCCCC1)CC2. The molecule has 0 radical (unpaired) electrons. The highest BCUT2D eigenvalue weighted by Gasteiger charge is 2.44. The molecule has 1 saturated heterocycles. The third-order valence-corrected chi connectivity index (χ3v) is 4.87. The van der Waals surface area contributed by atoms with Gasteiger partial charge in [-0.25, -0.2) is 0 Å². The van der Waals surface area contributed by atoms with Gasteiger partial charge in [0, 0.05) is 17.9 Å². The Morgan fingerprint density at radius 3 is 2.50 bits per heavy atom. The van der Waals surface area contributed by atoms with Crippen molar-refractivity contribution in [3.63, 3.8) is 0 Å². The molecule has 1 N–H and O–H groups in total. The predicted molar refractivity (Wildman–Crippen MR) is 63.9 cm³/mol. The normalized spacial score (nSPS) is 42.8. The Hall–Kier alpha value is -0.570. The molecule has 3 nitrogen and oxygen atoms in total. The van der Waals surface area contributed by atoms with Crippen LogP contribution in [0, 0.1) is 11.8 Å². The summed E-state index contributed by atoms with van der Waals surface area (Å²) in [6, 6.07) is 0.685. The van der Waals surface area contributed by atoms with Crippen LogP contribution in [0.2, 0.25) is 0 Å². The minimum atomic E-state index is 0.571. The topological polar surface area (TPSA) is 35.8 Å². The van der Waals surface area contributed by atoms with Crippen LogP contribution in [0.3, 0.4) is 0 Å². The molecular weight excluding hydrogens is 200 g/mol. The molecule has 2 aliphatic carbocycles. The smallest absolute Gasteiger partial charge is 0.0648 e. The maximum Gasteiger partial charge on any atom is 0.0648 e. The Morgan fingerprint density at radius 2 is 1.75 bits per heavy atom. The van der Waals surface area contributed by atoms with Crippen LogP contribution in [-0.2, 0) is 0 Å². The van der Waals surface area contributed by atoms with Gasteiger partial charge in [-0.1, -0.05) is 11.6 Å². The van der Waals surface area contributed by atoms with E-state index in [2.05, 4.69) is 10.1 Å². The van der Waals surface area contributed by atoms with Gasteiger partial charge in [0.1, 0.15) is 0 Å². The Balaban J connectivity index is 1.75. The molecule has 0 aromatic rings. The van der Waals surface area contributed by atoms with Crippen LogP contribution in [0.4, 0.5) is 0 Å². The van der Waals surface area contributed by atoms with Crippen LogP contribution >= 0.6 is 0 Å². The van der Waals surface area contributed by atoms with Crippen molar-refractivity contribution >= 4 is 5.71 Å². The molecule has 3 fully saturated rings. The van der Waals surface area contributed by atoms with E-state index in [9.17, 15) is 0 Å². The molecule has 0 unspecified atom stereocenters. The molecule has 3 heteroatoms. The van der Waals surface area contributed by atoms with E-state index >= 15 is 0 Å². The molecule has 2 bridgehead atoms. The van der Waals surface area contributed by atoms with Crippen LogP contribution in [0.25, 0.3) is 0 Å². The summed E-state index contributed by atoms with van der Waals surface area (Å²) in [6.45, 7) is 2.54. The molecule has 1 aliphatic heterocycles. The summed E-state index contributed by atoms with van der Waals surface area (Å²) in [6.07, 6.45) is 9.21. The van der Waals surface area contributed by atoms with Crippen molar-refractivity contribution in [1.82, 2.24) is 4.90 Å². The van der Waals surface area contributed by atoms with E-state index in [0.717, 1.165) is 5.71 Å². The van der Waals surface area contributed by atoms with Crippen molar-refractivity contribution in [2.45, 2.75) is 51.0 Å². The average molecular weight is 222 g/mol. The van der Waals surface area contributed by atoms with Crippen LogP contribution in [0.5, 0.6) is 0 Å². The van der Waals surface area contributed by atoms with Gasteiger partial charge in [0.2, 0.25) is 0 Å². The van der Waals surface area contributed by atoms with E-state index < -0.39 is 0 Å². The molecule has 0 aromatic heterocycles. The van der Waals surface area contributed by atoms with Crippen LogP contribution in [0.15, 0.2) is 5.16 Å². The van der Waals surface area contributed by atoms with Crippen molar-refractivity contribution in [1.29, 1.82) is 0 Å². The minimum absolute atomic E-state index is 0.571. The predicted octanol–water partition coefficient (Wildman–Crippen LogP) is 2.49. The number of oxime groups is 1. The summed E-state index contributed by atoms with van der Waals surface area (Å²) in [5.41, 5.74) is 1.13. The summed E-state index contributed by atoms with van der Waals surface area (Å²) in [7, 11) is 0. The highest BCUT2D eigenvalue weighted by Crippen LogP contribution is 2.42. The fourth-order valence-electron chi connectivity index (χ4n) is 4.08. The van der Waals surface area contributed by atoms with E-state index in [1.807, 2.05) is 0 Å². The van der Waals surface area contributed by atoms with Gasteiger partial charge in [-0.2, -0.15) is 0 Å². The fraction of sp³-hybridized carbons (Fsp3) is 0.923. The van der Waals surface area contributed by atoms with Gasteiger partial charge >= 0.3 is 0 Å². The van der Waals surface area contributed by atoms with E-state index in [1.165, 1.54) is 58.0 Å². The van der Waals surface area contributed by atoms with Crippen LogP contribution in [0.1, 0.15) is 44.9 Å². The Bertz CT molecular complexity index is 284. The van der Waals surface area contributed by atoms with Gasteiger partial charge in [0.15, 0.2) is 0 Å². The first-order chi connectivity index (χ1) is 7.90. The van der Waals surface area contributed by atoms with Gasteiger partial charge in [-0.15, -0.1) is 0 Å². The van der Waals surface area contributed by atoms with Gasteiger partial charge in [-0.05, 0) is 51.6 Å². The molecule has 2 saturated carbocycles. The average Bonchev–Trinajstić information content (AvgIpc) is 2.63. The number of likely N-dealkylation sites (tertiary alicyclic amines) is 1. The highest BCUT2D eigenvalue weighted by atomic mass is 16.4. The van der Waals surface area contributed by atoms with Crippen LogP contribution in [-0.4, -0.2) is 35.0 Å². The van der Waals surface area contributed by atoms with E-state index in [0.29, 0.717) is 17.9 Å². The molecule has 3 aliphatic rings. The fourth-order valence-corrected chi connectivity index (χ4v) is 4.08. The van der Waals surface area contributed by atoms with E-state index in [1.54, 1.807) is 0 Å². The monoisotopic (exact) mass is 222 g/mol. The first kappa shape index (κ1) is 10.6. The zero-order valence-electron chi connectivity index (χ0n) is 9.94. The Kier molecular flexibility index (Phi) is 2.88. The zero-order valence-corrected chi connectivity index (χ0v) is 9.94. The molecule has 3 rings (SSSR count). The number of rotatable bonds is 1. The largest absolute Gasteiger partial charge is 0.411 e. The second-order valence-corrected chi connectivity index (χ2v) is 5.65. The van der Waals surface area contributed by atoms with E-state index in [4.69, 9.17) is 5.21 Å². The summed E-state index contributed by atoms with van der Waals surface area (Å²) in [5.74, 6) is 1.18. The summed E-state index contributed by atoms with van der Waals surface area (Å²) in [5, 5.41) is 12.8. The van der Waals surface area contributed by atoms with Gasteiger partial charge in [0.25, 0.3) is 0 Å². The molecule has 90 valence electrons. The van der Waals surface area contributed by atoms with Gasteiger partial charge in [0.05, 0.1) is 5.71 Å². The van der Waals surface area contributed by atoms with Crippen molar-refractivity contribution in [3.05, 3.63) is 0 Å². The molecule has 0 aromatic carbocycles. The lowest BCUT2D eigenvalue weighted by molar-refractivity contribution is 0.123. The van der Waals surface area contributed by atoms with Gasteiger partial charge in [-0.3, -0.25) is 4.90 Å². The Morgan fingerprint density at radius 1 is 1.00 bits per heavy atom. The third-order valence-electron chi connectivity index (χ3n) is 4.87. The maximum absolute atomic E-state index is 9.16. The second-order valence-electron chi connectivity index (χ2n) is 5.65. The second kappa shape index (κ2) is 4.36. The highest BCUT2D eigenvalue weighted by molar-refractivity contribution is 5.91. The third kappa shape index (κ3) is 1.65. The number of hydrogen-bond acceptors (Lipinski definition) is 3. The molecular formula is C13H22N2O. The van der Waals surface area contributed by atoms with Crippen molar-refractivity contribution < 1.29 is 5.21 Å². The van der Waals surface area contributed by atoms with Gasteiger partial charge < -0.3 is 5.21 Å². The molecule has 1 heterocycles. The minimum Gasteiger partial charge on any atom is -0.411 e. The first-order valence-electron chi connectivity index (χ1n) is 6.86. The molecule has 0 amide bonds. The number of nitrogens with zero attached hydrogens (tertiary/aromatic N) is 2. The summed E-state index contributed by atoms with van der Waals surface area (Å²) >= 11 is 0. The van der Waals surface area contributed by atoms with Crippen LogP contribution < -0.4 is 0 Å². The number of fused-ring (bicyclic) bond motifs is 2. The lowest BCUT2D eigenvalue weighted by atomic mass is 9.81. The van der Waals surface area contributed by atoms with E-state index in [-0.39, 0.29) is 0 Å². The first-order valence-corrected chi connectivity index (χ1v) is 6.86. The quantitative estimate of drug-likeness (QED) is 0.546. The van der Waals surface area contributed by atoms with Crippen molar-refractivity contribution in [2.24, 2.45) is 17.0 Å². The zero-order chi connectivity index (χ0) is 11.0. The van der Waals surface area contributed by atoms with Crippen molar-refractivity contribution in [2.75, 3.05) is 13.1 Å². The summed E-state index contributed by atoms with van der Waals surface area (Å²) in [4.78, 5) is 2.67.